The summed E-state index contributed by atoms with van der Waals surface area (Å²) >= 11 is 0. The van der Waals surface area contributed by atoms with E-state index in [0.29, 0.717) is 18.8 Å². The predicted octanol–water partition coefficient (Wildman–Crippen LogP) is -0.579. The van der Waals surface area contributed by atoms with Crippen molar-refractivity contribution in [3.05, 3.63) is 29.6 Å². The molecule has 0 aromatic heterocycles. The van der Waals surface area contributed by atoms with Gasteiger partial charge in [0.15, 0.2) is 0 Å². The molecule has 1 aliphatic rings. The molecule has 0 amide bonds. The van der Waals surface area contributed by atoms with Crippen LogP contribution in [0.4, 0.5) is 4.39 Å². The Morgan fingerprint density at radius 3 is 2.69 bits per heavy atom. The molecule has 1 fully saturated rings. The van der Waals surface area contributed by atoms with Crippen LogP contribution in [0, 0.1) is 5.82 Å². The average Bonchev–Trinajstić information content (AvgIpc) is 2.17. The summed E-state index contributed by atoms with van der Waals surface area (Å²) in [6.07, 6.45) is 0.0440. The molecule has 0 atom stereocenters. The molecule has 86 valence electrons. The van der Waals surface area contributed by atoms with Gasteiger partial charge in [0.1, 0.15) is 11.9 Å². The minimum Gasteiger partial charge on any atom is -0.423 e. The van der Waals surface area contributed by atoms with E-state index in [1.807, 2.05) is 0 Å². The first-order chi connectivity index (χ1) is 7.66. The van der Waals surface area contributed by atoms with Crippen LogP contribution in [0.3, 0.4) is 0 Å². The topological polar surface area (TPSA) is 58.9 Å². The minimum atomic E-state index is -1.65. The van der Waals surface area contributed by atoms with Crippen molar-refractivity contribution in [3.8, 4) is 0 Å². The zero-order chi connectivity index (χ0) is 11.5. The maximum Gasteiger partial charge on any atom is 0.488 e. The van der Waals surface area contributed by atoms with E-state index in [1.54, 1.807) is 0 Å². The Hall–Kier alpha value is -0.945. The van der Waals surface area contributed by atoms with E-state index in [9.17, 15) is 4.39 Å². The van der Waals surface area contributed by atoms with Gasteiger partial charge in [0.05, 0.1) is 19.8 Å². The summed E-state index contributed by atoms with van der Waals surface area (Å²) in [6.45, 7) is 1.27. The maximum absolute atomic E-state index is 13.4. The van der Waals surface area contributed by atoms with Gasteiger partial charge in [-0.25, -0.2) is 4.39 Å². The zero-order valence-electron chi connectivity index (χ0n) is 8.60. The van der Waals surface area contributed by atoms with Gasteiger partial charge < -0.3 is 19.5 Å². The van der Waals surface area contributed by atoms with Crippen LogP contribution in [0.1, 0.15) is 5.56 Å². The Balaban J connectivity index is 1.98. The Morgan fingerprint density at radius 1 is 1.44 bits per heavy atom. The van der Waals surface area contributed by atoms with Crippen LogP contribution in [-0.4, -0.2) is 36.5 Å². The quantitative estimate of drug-likeness (QED) is 0.674. The summed E-state index contributed by atoms with van der Waals surface area (Å²) in [5, 5.41) is 17.7. The molecule has 16 heavy (non-hydrogen) atoms. The molecule has 4 nitrogen and oxygen atoms in total. The number of ether oxygens (including phenoxy) is 2. The third kappa shape index (κ3) is 2.59. The molecule has 1 aliphatic heterocycles. The van der Waals surface area contributed by atoms with Gasteiger partial charge >= 0.3 is 7.12 Å². The van der Waals surface area contributed by atoms with E-state index in [4.69, 9.17) is 19.5 Å². The largest absolute Gasteiger partial charge is 0.488 e. The van der Waals surface area contributed by atoms with Crippen LogP contribution < -0.4 is 5.46 Å². The highest BCUT2D eigenvalue weighted by Gasteiger charge is 2.20. The van der Waals surface area contributed by atoms with Crippen molar-refractivity contribution in [3.63, 3.8) is 0 Å². The van der Waals surface area contributed by atoms with Gasteiger partial charge in [-0.15, -0.1) is 0 Å². The predicted molar refractivity (Wildman–Crippen MR) is 55.6 cm³/mol. The molecule has 2 rings (SSSR count). The van der Waals surface area contributed by atoms with Crippen molar-refractivity contribution in [1.29, 1.82) is 0 Å². The Bertz CT molecular complexity index is 368. The first kappa shape index (κ1) is 11.5. The molecule has 0 spiro atoms. The second-order valence-corrected chi connectivity index (χ2v) is 3.69. The van der Waals surface area contributed by atoms with Crippen molar-refractivity contribution in [2.75, 3.05) is 13.2 Å². The van der Waals surface area contributed by atoms with Gasteiger partial charge in [0.25, 0.3) is 0 Å². The molecular formula is C10H12BFO4. The number of hydrogen-bond donors (Lipinski definition) is 2. The zero-order valence-corrected chi connectivity index (χ0v) is 8.60. The van der Waals surface area contributed by atoms with Crippen LogP contribution in [-0.2, 0) is 16.1 Å². The third-order valence-corrected chi connectivity index (χ3v) is 2.46. The maximum atomic E-state index is 13.4. The molecule has 2 N–H and O–H groups in total. The van der Waals surface area contributed by atoms with Crippen molar-refractivity contribution >= 4 is 12.6 Å². The van der Waals surface area contributed by atoms with E-state index in [2.05, 4.69) is 0 Å². The lowest BCUT2D eigenvalue weighted by Crippen LogP contribution is -2.36. The molecule has 1 aromatic carbocycles. The first-order valence-corrected chi connectivity index (χ1v) is 5.00. The van der Waals surface area contributed by atoms with E-state index in [-0.39, 0.29) is 18.2 Å². The van der Waals surface area contributed by atoms with Crippen molar-refractivity contribution in [2.45, 2.75) is 12.7 Å². The minimum absolute atomic E-state index is 0.0440. The molecule has 0 saturated carbocycles. The second kappa shape index (κ2) is 4.92. The first-order valence-electron chi connectivity index (χ1n) is 5.00. The van der Waals surface area contributed by atoms with Crippen molar-refractivity contribution in [2.24, 2.45) is 0 Å². The molecule has 0 bridgehead atoms. The molecule has 6 heteroatoms. The summed E-state index contributed by atoms with van der Waals surface area (Å²) in [7, 11) is -1.65. The Morgan fingerprint density at radius 2 is 2.19 bits per heavy atom. The number of benzene rings is 1. The standard InChI is InChI=1S/C10H12BFO4/c12-10-3-8(11(13)14)2-1-7(10)4-16-9-5-15-6-9/h1-3,9,13-14H,4-6H2. The monoisotopic (exact) mass is 226 g/mol. The molecule has 1 aromatic rings. The van der Waals surface area contributed by atoms with E-state index >= 15 is 0 Å². The lowest BCUT2D eigenvalue weighted by atomic mass is 9.80. The van der Waals surface area contributed by atoms with Gasteiger partial charge in [0.2, 0.25) is 0 Å². The van der Waals surface area contributed by atoms with Crippen molar-refractivity contribution in [1.82, 2.24) is 0 Å². The SMILES string of the molecule is OB(O)c1ccc(COC2COC2)c(F)c1. The van der Waals surface area contributed by atoms with Gasteiger partial charge in [0, 0.05) is 5.56 Å². The van der Waals surface area contributed by atoms with Gasteiger partial charge in [-0.2, -0.15) is 0 Å². The van der Waals surface area contributed by atoms with E-state index < -0.39 is 12.9 Å². The normalized spacial score (nSPS) is 15.9. The highest BCUT2D eigenvalue weighted by molar-refractivity contribution is 6.58. The van der Waals surface area contributed by atoms with Crippen LogP contribution in [0.2, 0.25) is 0 Å². The van der Waals surface area contributed by atoms with E-state index in [1.165, 1.54) is 12.1 Å². The molecule has 0 radical (unpaired) electrons. The fraction of sp³-hybridized carbons (Fsp3) is 0.400. The van der Waals surface area contributed by atoms with Crippen LogP contribution in [0.15, 0.2) is 18.2 Å². The summed E-state index contributed by atoms with van der Waals surface area (Å²) < 4.78 is 23.7. The summed E-state index contributed by atoms with van der Waals surface area (Å²) in [5.74, 6) is -0.495. The second-order valence-electron chi connectivity index (χ2n) is 3.69. The van der Waals surface area contributed by atoms with Gasteiger partial charge in [-0.1, -0.05) is 12.1 Å². The fourth-order valence-electron chi connectivity index (χ4n) is 1.36. The summed E-state index contributed by atoms with van der Waals surface area (Å²) in [5.41, 5.74) is 0.532. The summed E-state index contributed by atoms with van der Waals surface area (Å²) in [4.78, 5) is 0. The molecule has 0 unspecified atom stereocenters. The molecule has 0 aliphatic carbocycles. The summed E-state index contributed by atoms with van der Waals surface area (Å²) in [6, 6.07) is 4.05. The Kier molecular flexibility index (Phi) is 3.55. The van der Waals surface area contributed by atoms with Crippen LogP contribution in [0.25, 0.3) is 0 Å². The number of rotatable bonds is 4. The fourth-order valence-corrected chi connectivity index (χ4v) is 1.36. The highest BCUT2D eigenvalue weighted by Crippen LogP contribution is 2.12. The third-order valence-electron chi connectivity index (χ3n) is 2.46. The molecular weight excluding hydrogens is 214 g/mol. The average molecular weight is 226 g/mol. The van der Waals surface area contributed by atoms with E-state index in [0.717, 1.165) is 6.07 Å². The smallest absolute Gasteiger partial charge is 0.423 e. The van der Waals surface area contributed by atoms with Crippen molar-refractivity contribution < 1.29 is 23.9 Å². The lowest BCUT2D eigenvalue weighted by Gasteiger charge is -2.26. The van der Waals surface area contributed by atoms with Gasteiger partial charge in [-0.3, -0.25) is 0 Å². The lowest BCUT2D eigenvalue weighted by molar-refractivity contribution is -0.135. The highest BCUT2D eigenvalue weighted by atomic mass is 19.1. The number of hydrogen-bond acceptors (Lipinski definition) is 4. The number of halogens is 1. The van der Waals surface area contributed by atoms with Crippen LogP contribution >= 0.6 is 0 Å². The van der Waals surface area contributed by atoms with Gasteiger partial charge in [-0.05, 0) is 11.5 Å². The molecule has 1 saturated heterocycles. The Labute approximate surface area is 92.8 Å². The van der Waals surface area contributed by atoms with Crippen LogP contribution in [0.5, 0.6) is 0 Å². The molecule has 1 heterocycles.